The maximum atomic E-state index is 5.07. The second-order valence-electron chi connectivity index (χ2n) is 9.42. The van der Waals surface area contributed by atoms with Crippen LogP contribution in [0.4, 0.5) is 11.4 Å². The van der Waals surface area contributed by atoms with Crippen LogP contribution in [0.25, 0.3) is 10.8 Å². The summed E-state index contributed by atoms with van der Waals surface area (Å²) in [5.41, 5.74) is 2.86. The summed E-state index contributed by atoms with van der Waals surface area (Å²) in [6, 6.07) is 10.4. The van der Waals surface area contributed by atoms with Crippen molar-refractivity contribution in [2.24, 2.45) is 9.98 Å². The SMILES string of the molecule is CN(C)C(=Nc1ccc(N=C(N(C)C)N(C)C)c2c(C=[N+](N(C)C)N(C)C)cccc12)N(C)C. The summed E-state index contributed by atoms with van der Waals surface area (Å²) < 4.78 is 0. The average molecular weight is 469 g/mol. The van der Waals surface area contributed by atoms with Gasteiger partial charge in [-0.25, -0.2) is 9.98 Å². The molecule has 0 saturated carbocycles. The minimum absolute atomic E-state index is 0.867. The molecule has 0 spiro atoms. The molecule has 0 radical (unpaired) electrons. The van der Waals surface area contributed by atoms with Crippen LogP contribution in [0, 0.1) is 0 Å². The molecule has 0 amide bonds. The molecule has 9 heteroatoms. The van der Waals surface area contributed by atoms with E-state index in [1.807, 2.05) is 114 Å². The fourth-order valence-electron chi connectivity index (χ4n) is 3.83. The molecule has 34 heavy (non-hydrogen) atoms. The van der Waals surface area contributed by atoms with E-state index >= 15 is 0 Å². The summed E-state index contributed by atoms with van der Waals surface area (Å²) in [5, 5.41) is 6.16. The third kappa shape index (κ3) is 6.09. The Morgan fingerprint density at radius 1 is 0.618 bits per heavy atom. The first-order chi connectivity index (χ1) is 15.8. The lowest BCUT2D eigenvalue weighted by Crippen LogP contribution is -2.39. The van der Waals surface area contributed by atoms with Gasteiger partial charge in [-0.05, 0) is 23.0 Å². The molecule has 0 aliphatic carbocycles. The Morgan fingerprint density at radius 2 is 1.06 bits per heavy atom. The number of fused-ring (bicyclic) bond motifs is 1. The number of hydrazine groups is 2. The van der Waals surface area contributed by atoms with E-state index in [4.69, 9.17) is 9.98 Å². The van der Waals surface area contributed by atoms with Crippen molar-refractivity contribution < 1.29 is 4.79 Å². The van der Waals surface area contributed by atoms with E-state index in [-0.39, 0.29) is 0 Å². The minimum Gasteiger partial charge on any atom is -0.349 e. The minimum atomic E-state index is 0.867. The number of hydrazone groups is 2. The van der Waals surface area contributed by atoms with Crippen LogP contribution in [0.15, 0.2) is 40.3 Å². The van der Waals surface area contributed by atoms with Crippen molar-refractivity contribution in [3.05, 3.63) is 35.9 Å². The number of guanidine groups is 2. The van der Waals surface area contributed by atoms with Gasteiger partial charge in [-0.2, -0.15) is 10.0 Å². The van der Waals surface area contributed by atoms with Gasteiger partial charge >= 0.3 is 0 Å². The fourth-order valence-corrected chi connectivity index (χ4v) is 3.83. The first-order valence-corrected chi connectivity index (χ1v) is 11.3. The topological polar surface area (TPSA) is 47.2 Å². The zero-order chi connectivity index (χ0) is 25.7. The zero-order valence-electron chi connectivity index (χ0n) is 23.0. The predicted octanol–water partition coefficient (Wildman–Crippen LogP) is 2.45. The molecule has 2 rings (SSSR count). The molecule has 0 saturated heterocycles. The highest BCUT2D eigenvalue weighted by molar-refractivity contribution is 6.10. The number of nitrogens with zero attached hydrogens (tertiary/aromatic N) is 9. The van der Waals surface area contributed by atoms with Gasteiger partial charge in [0.25, 0.3) is 0 Å². The van der Waals surface area contributed by atoms with Gasteiger partial charge in [-0.1, -0.05) is 12.1 Å². The van der Waals surface area contributed by atoms with Crippen molar-refractivity contribution in [1.29, 1.82) is 0 Å². The quantitative estimate of drug-likeness (QED) is 0.291. The van der Waals surface area contributed by atoms with E-state index in [1.165, 1.54) is 0 Å². The smallest absolute Gasteiger partial charge is 0.235 e. The summed E-state index contributed by atoms with van der Waals surface area (Å²) in [6.45, 7) is 0. The highest BCUT2D eigenvalue weighted by Crippen LogP contribution is 2.36. The zero-order valence-corrected chi connectivity index (χ0v) is 23.0. The summed E-state index contributed by atoms with van der Waals surface area (Å²) in [7, 11) is 24.1. The Hall–Kier alpha value is -3.49. The van der Waals surface area contributed by atoms with Crippen molar-refractivity contribution in [3.8, 4) is 0 Å². The predicted molar refractivity (Wildman–Crippen MR) is 146 cm³/mol. The molecule has 2 aromatic carbocycles. The Kier molecular flexibility index (Phi) is 8.73. The molecule has 0 N–H and O–H groups in total. The largest absolute Gasteiger partial charge is 0.349 e. The van der Waals surface area contributed by atoms with Crippen molar-refractivity contribution in [1.82, 2.24) is 29.6 Å². The lowest BCUT2D eigenvalue weighted by Gasteiger charge is -2.24. The summed E-state index contributed by atoms with van der Waals surface area (Å²) in [6.07, 6.45) is 2.12. The van der Waals surface area contributed by atoms with Crippen LogP contribution < -0.4 is 0 Å². The van der Waals surface area contributed by atoms with Gasteiger partial charge in [0.15, 0.2) is 0 Å². The highest BCUT2D eigenvalue weighted by Gasteiger charge is 2.17. The van der Waals surface area contributed by atoms with E-state index in [1.54, 1.807) is 0 Å². The van der Waals surface area contributed by atoms with Crippen molar-refractivity contribution in [2.75, 3.05) is 84.6 Å². The van der Waals surface area contributed by atoms with Crippen molar-refractivity contribution in [3.63, 3.8) is 0 Å². The van der Waals surface area contributed by atoms with Crippen LogP contribution in [-0.4, -0.2) is 137 Å². The first kappa shape index (κ1) is 26.8. The van der Waals surface area contributed by atoms with E-state index in [0.717, 1.165) is 39.6 Å². The van der Waals surface area contributed by atoms with E-state index < -0.39 is 0 Å². The monoisotopic (exact) mass is 468 g/mol. The highest BCUT2D eigenvalue weighted by atomic mass is 15.8. The molecule has 186 valence electrons. The lowest BCUT2D eigenvalue weighted by molar-refractivity contribution is -0.795. The molecule has 0 aliphatic rings. The second-order valence-corrected chi connectivity index (χ2v) is 9.42. The fraction of sp³-hybridized carbons (Fsp3) is 0.480. The lowest BCUT2D eigenvalue weighted by atomic mass is 10.0. The Balaban J connectivity index is 2.99. The molecule has 0 aromatic heterocycles. The molecule has 0 aliphatic heterocycles. The first-order valence-electron chi connectivity index (χ1n) is 11.3. The normalized spacial score (nSPS) is 10.4. The van der Waals surface area contributed by atoms with Crippen LogP contribution >= 0.6 is 0 Å². The van der Waals surface area contributed by atoms with Gasteiger partial charge in [0.2, 0.25) is 18.1 Å². The van der Waals surface area contributed by atoms with Gasteiger partial charge < -0.3 is 19.6 Å². The van der Waals surface area contributed by atoms with Gasteiger partial charge in [0.05, 0.1) is 45.1 Å². The number of rotatable bonds is 5. The van der Waals surface area contributed by atoms with Crippen LogP contribution in [0.3, 0.4) is 0 Å². The Morgan fingerprint density at radius 3 is 1.50 bits per heavy atom. The standard InChI is InChI=1S/C25H42N9/c1-28(2)24(29(3)4)26-21-16-17-22(27-25(30(5)6)31(7)8)23-19(14-13-15-20(21)23)18-34(32(9)10)33(11)12/h13-18H,1-12H3/q+1. The number of aliphatic imine (C=N–C) groups is 2. The summed E-state index contributed by atoms with van der Waals surface area (Å²) in [4.78, 5) is 20.2. The molecular weight excluding hydrogens is 426 g/mol. The molecule has 9 nitrogen and oxygen atoms in total. The Bertz CT molecular complexity index is 1010. The maximum absolute atomic E-state index is 5.07. The third-order valence-corrected chi connectivity index (χ3v) is 5.14. The maximum Gasteiger partial charge on any atom is 0.235 e. The van der Waals surface area contributed by atoms with Gasteiger partial charge in [-0.3, -0.25) is 0 Å². The molecule has 0 heterocycles. The molecule has 0 unspecified atom stereocenters. The average Bonchev–Trinajstić information content (AvgIpc) is 2.72. The molecular formula is C25H42N9+. The van der Waals surface area contributed by atoms with Crippen molar-refractivity contribution >= 4 is 40.3 Å². The van der Waals surface area contributed by atoms with Crippen LogP contribution in [0.5, 0.6) is 0 Å². The summed E-state index contributed by atoms with van der Waals surface area (Å²) in [5.74, 6) is 1.74. The second kappa shape index (κ2) is 11.1. The molecule has 0 fully saturated rings. The van der Waals surface area contributed by atoms with Crippen LogP contribution in [-0.2, 0) is 0 Å². The van der Waals surface area contributed by atoms with Gasteiger partial charge in [-0.15, -0.1) is 0 Å². The van der Waals surface area contributed by atoms with Gasteiger partial charge in [0.1, 0.15) is 0 Å². The van der Waals surface area contributed by atoms with E-state index in [2.05, 4.69) is 41.3 Å². The number of hydrogen-bond acceptors (Lipinski definition) is 4. The van der Waals surface area contributed by atoms with Crippen LogP contribution in [0.2, 0.25) is 0 Å². The molecule has 0 bridgehead atoms. The molecule has 2 aromatic rings. The van der Waals surface area contributed by atoms with E-state index in [0.29, 0.717) is 0 Å². The molecule has 0 atom stereocenters. The van der Waals surface area contributed by atoms with Crippen molar-refractivity contribution in [2.45, 2.75) is 0 Å². The Labute approximate surface area is 205 Å². The number of hydrogen-bond donors (Lipinski definition) is 0. The number of benzene rings is 2. The van der Waals surface area contributed by atoms with Crippen LogP contribution in [0.1, 0.15) is 5.56 Å². The van der Waals surface area contributed by atoms with Gasteiger partial charge in [0, 0.05) is 67.2 Å². The summed E-state index contributed by atoms with van der Waals surface area (Å²) >= 11 is 0. The third-order valence-electron chi connectivity index (χ3n) is 5.14. The van der Waals surface area contributed by atoms with E-state index in [9.17, 15) is 0 Å².